The summed E-state index contributed by atoms with van der Waals surface area (Å²) in [6.45, 7) is -0.551. The van der Waals surface area contributed by atoms with Crippen molar-refractivity contribution in [2.24, 2.45) is 11.8 Å². The van der Waals surface area contributed by atoms with Gasteiger partial charge in [-0.2, -0.15) is 0 Å². The van der Waals surface area contributed by atoms with E-state index in [0.29, 0.717) is 33.4 Å². The van der Waals surface area contributed by atoms with Crippen LogP contribution >= 0.6 is 39.1 Å². The van der Waals surface area contributed by atoms with E-state index in [2.05, 4.69) is 15.9 Å². The number of amides is 2. The molecule has 0 N–H and O–H groups in total. The number of carbonyl (C=O) groups excluding carboxylic acids is 4. The van der Waals surface area contributed by atoms with E-state index in [0.717, 1.165) is 9.37 Å². The van der Waals surface area contributed by atoms with Gasteiger partial charge in [0.25, 0.3) is 0 Å². The molecule has 6 nitrogen and oxygen atoms in total. The van der Waals surface area contributed by atoms with Crippen LogP contribution in [0, 0.1) is 11.8 Å². The summed E-state index contributed by atoms with van der Waals surface area (Å²) < 4.78 is 6.32. The average Bonchev–Trinajstić information content (AvgIpc) is 3.32. The first kappa shape index (κ1) is 29.0. The number of nitrogens with zero attached hydrogens (tertiary/aromatic N) is 1. The van der Waals surface area contributed by atoms with Crippen LogP contribution in [0.4, 0.5) is 0 Å². The molecule has 8 rings (SSSR count). The number of Topliss-reactive ketones (excluding diaryl/α,β-unsaturated/α-hetero) is 1. The first-order valence-corrected chi connectivity index (χ1v) is 15.7. The molecule has 1 aliphatic heterocycles. The van der Waals surface area contributed by atoms with Crippen LogP contribution in [0.2, 0.25) is 0 Å². The van der Waals surface area contributed by atoms with Gasteiger partial charge in [0.15, 0.2) is 12.4 Å². The normalized spacial score (nSPS) is 25.2. The molecule has 1 fully saturated rings. The van der Waals surface area contributed by atoms with Crippen LogP contribution in [-0.2, 0) is 35.3 Å². The Labute approximate surface area is 272 Å². The molecular formula is C35H24BrCl2NO5. The molecular weight excluding hydrogens is 665 g/mol. The number of benzene rings is 4. The first-order chi connectivity index (χ1) is 21.2. The predicted molar refractivity (Wildman–Crippen MR) is 168 cm³/mol. The van der Waals surface area contributed by atoms with Crippen molar-refractivity contribution < 1.29 is 23.9 Å². The van der Waals surface area contributed by atoms with E-state index in [-0.39, 0.29) is 6.42 Å². The number of carbonyl (C=O) groups is 4. The second-order valence-corrected chi connectivity index (χ2v) is 13.4. The minimum Gasteiger partial charge on any atom is -0.456 e. The first-order valence-electron chi connectivity index (χ1n) is 14.1. The number of halogens is 3. The zero-order valence-corrected chi connectivity index (χ0v) is 26.2. The SMILES string of the molecule is O=C(COC(=O)[C@H](Cc1ccccc1)N1C(=O)[C@@H]2[C@H](C1=O)C1(Cl)c3ccccc3C2(Cl)c2ccccc21)c1ccc(Br)cc1. The molecule has 4 aromatic rings. The van der Waals surface area contributed by atoms with Gasteiger partial charge in [0.1, 0.15) is 15.8 Å². The van der Waals surface area contributed by atoms with Crippen LogP contribution in [0.3, 0.4) is 0 Å². The highest BCUT2D eigenvalue weighted by Gasteiger charge is 2.73. The van der Waals surface area contributed by atoms with Gasteiger partial charge in [0.05, 0.1) is 11.8 Å². The van der Waals surface area contributed by atoms with E-state index in [1.807, 2.05) is 54.6 Å². The van der Waals surface area contributed by atoms with Gasteiger partial charge in [-0.05, 0) is 39.9 Å². The van der Waals surface area contributed by atoms with Crippen LogP contribution < -0.4 is 0 Å². The summed E-state index contributed by atoms with van der Waals surface area (Å²) in [7, 11) is 0. The van der Waals surface area contributed by atoms with Gasteiger partial charge in [-0.25, -0.2) is 4.79 Å². The fourth-order valence-electron chi connectivity index (χ4n) is 7.07. The van der Waals surface area contributed by atoms with Gasteiger partial charge < -0.3 is 4.74 Å². The summed E-state index contributed by atoms with van der Waals surface area (Å²) in [6, 6.07) is 29.0. The largest absolute Gasteiger partial charge is 0.456 e. The number of hydrogen-bond donors (Lipinski definition) is 0. The van der Waals surface area contributed by atoms with E-state index >= 15 is 0 Å². The molecule has 1 saturated heterocycles. The van der Waals surface area contributed by atoms with Gasteiger partial charge in [-0.1, -0.05) is 107 Å². The lowest BCUT2D eigenvalue weighted by molar-refractivity contribution is -0.158. The van der Waals surface area contributed by atoms with Gasteiger partial charge >= 0.3 is 5.97 Å². The Morgan fingerprint density at radius 3 is 1.66 bits per heavy atom. The molecule has 1 heterocycles. The number of esters is 1. The number of likely N-dealkylation sites (tertiary alicyclic amines) is 1. The molecule has 0 saturated carbocycles. The van der Waals surface area contributed by atoms with E-state index < -0.39 is 57.8 Å². The van der Waals surface area contributed by atoms with Crippen LogP contribution in [0.25, 0.3) is 0 Å². The summed E-state index contributed by atoms with van der Waals surface area (Å²) in [5, 5.41) is 0. The van der Waals surface area contributed by atoms with Crippen LogP contribution in [0.5, 0.6) is 0 Å². The van der Waals surface area contributed by atoms with Crippen LogP contribution in [-0.4, -0.2) is 41.1 Å². The molecule has 9 heteroatoms. The fraction of sp³-hybridized carbons (Fsp3) is 0.200. The van der Waals surface area contributed by atoms with Crippen LogP contribution in [0.15, 0.2) is 108 Å². The molecule has 2 bridgehead atoms. The predicted octanol–water partition coefficient (Wildman–Crippen LogP) is 6.38. The van der Waals surface area contributed by atoms with Crippen molar-refractivity contribution in [2.75, 3.05) is 6.61 Å². The molecule has 0 radical (unpaired) electrons. The average molecular weight is 689 g/mol. The summed E-state index contributed by atoms with van der Waals surface area (Å²) in [5.74, 6) is -4.60. The number of hydrogen-bond acceptors (Lipinski definition) is 5. The summed E-state index contributed by atoms with van der Waals surface area (Å²) in [6.07, 6.45) is -0.00641. The minimum atomic E-state index is -1.38. The van der Waals surface area contributed by atoms with Gasteiger partial charge in [-0.3, -0.25) is 19.3 Å². The molecule has 3 aliphatic carbocycles. The van der Waals surface area contributed by atoms with Gasteiger partial charge in [0.2, 0.25) is 11.8 Å². The van der Waals surface area contributed by atoms with Crippen molar-refractivity contribution in [1.29, 1.82) is 0 Å². The molecule has 0 spiro atoms. The monoisotopic (exact) mass is 687 g/mol. The summed E-state index contributed by atoms with van der Waals surface area (Å²) in [4.78, 5) is 53.9. The minimum absolute atomic E-state index is 0.00641. The Bertz CT molecular complexity index is 1720. The maximum atomic E-state index is 14.5. The number of ether oxygens (including phenoxy) is 1. The molecule has 2 amide bonds. The lowest BCUT2D eigenvalue weighted by Gasteiger charge is -2.54. The molecule has 4 aliphatic rings. The molecule has 220 valence electrons. The van der Waals surface area contributed by atoms with Crippen molar-refractivity contribution in [3.8, 4) is 0 Å². The Hall–Kier alpha value is -3.78. The van der Waals surface area contributed by atoms with Gasteiger partial charge in [-0.15, -0.1) is 23.2 Å². The van der Waals surface area contributed by atoms with Gasteiger partial charge in [0, 0.05) is 16.5 Å². The standard InChI is InChI=1S/C35H24BrCl2NO5/c36-22-16-14-21(15-17-22)28(40)19-44-33(43)27(18-20-8-2-1-3-9-20)39-31(41)29-30(32(39)42)35(38)24-11-5-4-10-23(24)34(29,37)25-12-6-7-13-26(25)35/h1-17,27,29-30H,18-19H2/t27-,29-,30+,34?,35?/m0/s1. The maximum absolute atomic E-state index is 14.5. The third kappa shape index (κ3) is 4.13. The fourth-order valence-corrected chi connectivity index (χ4v) is 8.43. The number of imide groups is 1. The van der Waals surface area contributed by atoms with E-state index in [1.165, 1.54) is 0 Å². The van der Waals surface area contributed by atoms with Crippen molar-refractivity contribution in [2.45, 2.75) is 22.2 Å². The molecule has 3 atom stereocenters. The Balaban J connectivity index is 1.28. The quantitative estimate of drug-likeness (QED) is 0.0975. The molecule has 4 aromatic carbocycles. The third-order valence-electron chi connectivity index (χ3n) is 8.99. The molecule has 0 unspecified atom stereocenters. The number of ketones is 1. The maximum Gasteiger partial charge on any atom is 0.330 e. The van der Waals surface area contributed by atoms with E-state index in [9.17, 15) is 19.2 Å². The van der Waals surface area contributed by atoms with Crippen molar-refractivity contribution in [3.05, 3.63) is 141 Å². The second kappa shape index (κ2) is 10.7. The Morgan fingerprint density at radius 2 is 1.18 bits per heavy atom. The van der Waals surface area contributed by atoms with Crippen LogP contribution in [0.1, 0.15) is 38.2 Å². The van der Waals surface area contributed by atoms with Crippen molar-refractivity contribution in [3.63, 3.8) is 0 Å². The lowest BCUT2D eigenvalue weighted by Crippen LogP contribution is -2.57. The summed E-state index contributed by atoms with van der Waals surface area (Å²) >= 11 is 18.4. The topological polar surface area (TPSA) is 80.8 Å². The Kier molecular flexibility index (Phi) is 7.03. The van der Waals surface area contributed by atoms with E-state index in [1.54, 1.807) is 48.5 Å². The van der Waals surface area contributed by atoms with Crippen molar-refractivity contribution >= 4 is 62.7 Å². The Morgan fingerprint density at radius 1 is 0.727 bits per heavy atom. The lowest BCUT2D eigenvalue weighted by atomic mass is 9.54. The highest BCUT2D eigenvalue weighted by atomic mass is 79.9. The molecule has 44 heavy (non-hydrogen) atoms. The number of rotatable bonds is 7. The van der Waals surface area contributed by atoms with E-state index in [4.69, 9.17) is 27.9 Å². The second-order valence-electron chi connectivity index (χ2n) is 11.3. The highest BCUT2D eigenvalue weighted by Crippen LogP contribution is 2.69. The summed E-state index contributed by atoms with van der Waals surface area (Å²) in [5.41, 5.74) is 3.74. The third-order valence-corrected chi connectivity index (χ3v) is 10.8. The number of alkyl halides is 2. The smallest absolute Gasteiger partial charge is 0.330 e. The van der Waals surface area contributed by atoms with Crippen molar-refractivity contribution in [1.82, 2.24) is 4.90 Å². The zero-order chi connectivity index (χ0) is 30.8. The zero-order valence-electron chi connectivity index (χ0n) is 23.1. The highest BCUT2D eigenvalue weighted by molar-refractivity contribution is 9.10. The molecule has 0 aromatic heterocycles.